The van der Waals surface area contributed by atoms with E-state index < -0.39 is 0 Å². The number of benzene rings is 4. The summed E-state index contributed by atoms with van der Waals surface area (Å²) in [5.74, 6) is 0.625. The van der Waals surface area contributed by atoms with Gasteiger partial charge in [0.25, 0.3) is 0 Å². The van der Waals surface area contributed by atoms with Crippen LogP contribution < -0.4 is 4.90 Å². The first-order valence-corrected chi connectivity index (χ1v) is 13.1. The van der Waals surface area contributed by atoms with Crippen LogP contribution in [-0.2, 0) is 0 Å². The monoisotopic (exact) mass is 453 g/mol. The molecule has 1 heterocycles. The molecule has 1 nitrogen and oxygen atoms in total. The lowest BCUT2D eigenvalue weighted by molar-refractivity contribution is 0.402. The molecule has 35 heavy (non-hydrogen) atoms. The molecule has 2 unspecified atom stereocenters. The molecule has 0 aromatic heterocycles. The first-order valence-electron chi connectivity index (χ1n) is 13.1. The van der Waals surface area contributed by atoms with Crippen LogP contribution in [0.25, 0.3) is 22.8 Å². The zero-order chi connectivity index (χ0) is 23.5. The number of anilines is 2. The number of rotatable bonds is 2. The van der Waals surface area contributed by atoms with Gasteiger partial charge in [0.1, 0.15) is 0 Å². The fourth-order valence-electron chi connectivity index (χ4n) is 6.82. The second-order valence-corrected chi connectivity index (χ2v) is 10.6. The average molecular weight is 454 g/mol. The van der Waals surface area contributed by atoms with E-state index in [2.05, 4.69) is 110 Å². The first kappa shape index (κ1) is 20.8. The van der Waals surface area contributed by atoms with E-state index in [4.69, 9.17) is 0 Å². The van der Waals surface area contributed by atoms with E-state index in [9.17, 15) is 0 Å². The Hall–Kier alpha value is -3.58. The predicted octanol–water partition coefficient (Wildman–Crippen LogP) is 9.05. The summed E-state index contributed by atoms with van der Waals surface area (Å²) in [5, 5.41) is 0. The Morgan fingerprint density at radius 2 is 1.40 bits per heavy atom. The lowest BCUT2D eigenvalue weighted by Gasteiger charge is -2.33. The van der Waals surface area contributed by atoms with Crippen molar-refractivity contribution in [2.45, 2.75) is 51.5 Å². The Bertz CT molecular complexity index is 1440. The topological polar surface area (TPSA) is 3.24 Å². The minimum atomic E-state index is 0.579. The summed E-state index contributed by atoms with van der Waals surface area (Å²) in [4.78, 5) is 2.66. The van der Waals surface area contributed by atoms with Crippen LogP contribution in [-0.4, -0.2) is 6.04 Å². The maximum Gasteiger partial charge on any atom is 0.0452 e. The quantitative estimate of drug-likeness (QED) is 0.258. The lowest BCUT2D eigenvalue weighted by atomic mass is 9.81. The van der Waals surface area contributed by atoms with Crippen molar-refractivity contribution in [3.05, 3.63) is 118 Å². The molecule has 1 fully saturated rings. The molecule has 0 N–H and O–H groups in total. The molecular weight excluding hydrogens is 422 g/mol. The fraction of sp³-hybridized carbons (Fsp3) is 0.235. The van der Waals surface area contributed by atoms with E-state index in [0.717, 1.165) is 0 Å². The normalized spacial score (nSPS) is 19.7. The van der Waals surface area contributed by atoms with E-state index in [0.29, 0.717) is 12.0 Å². The van der Waals surface area contributed by atoms with Gasteiger partial charge in [0.2, 0.25) is 0 Å². The van der Waals surface area contributed by atoms with Crippen LogP contribution in [0, 0.1) is 13.8 Å². The highest BCUT2D eigenvalue weighted by molar-refractivity contribution is 6.06. The van der Waals surface area contributed by atoms with Gasteiger partial charge in [-0.3, -0.25) is 0 Å². The highest BCUT2D eigenvalue weighted by Gasteiger charge is 2.40. The predicted molar refractivity (Wildman–Crippen MR) is 148 cm³/mol. The molecule has 1 saturated carbocycles. The number of hydrogen-bond donors (Lipinski definition) is 0. The maximum absolute atomic E-state index is 2.66. The van der Waals surface area contributed by atoms with Crippen LogP contribution in [0.5, 0.6) is 0 Å². The van der Waals surface area contributed by atoms with Crippen molar-refractivity contribution in [1.82, 2.24) is 0 Å². The van der Waals surface area contributed by atoms with Crippen LogP contribution in [0.4, 0.5) is 11.4 Å². The molecule has 0 saturated heterocycles. The van der Waals surface area contributed by atoms with Crippen molar-refractivity contribution in [2.75, 3.05) is 4.90 Å². The second kappa shape index (κ2) is 7.99. The molecule has 0 bridgehead atoms. The fourth-order valence-corrected chi connectivity index (χ4v) is 6.82. The van der Waals surface area contributed by atoms with E-state index in [1.165, 1.54) is 81.6 Å². The van der Waals surface area contributed by atoms with Crippen molar-refractivity contribution in [2.24, 2.45) is 0 Å². The Labute approximate surface area is 208 Å². The van der Waals surface area contributed by atoms with E-state index in [-0.39, 0.29) is 0 Å². The summed E-state index contributed by atoms with van der Waals surface area (Å²) in [5.41, 5.74) is 15.1. The molecule has 4 aromatic carbocycles. The van der Waals surface area contributed by atoms with Crippen LogP contribution in [0.15, 0.2) is 84.9 Å². The molecule has 1 aliphatic heterocycles. The third kappa shape index (κ3) is 3.22. The molecule has 2 atom stereocenters. The molecule has 1 heteroatoms. The van der Waals surface area contributed by atoms with Gasteiger partial charge in [0.15, 0.2) is 0 Å². The number of aryl methyl sites for hydroxylation is 2. The van der Waals surface area contributed by atoms with Crippen molar-refractivity contribution < 1.29 is 0 Å². The summed E-state index contributed by atoms with van der Waals surface area (Å²) in [6.07, 6.45) is 7.70. The highest BCUT2D eigenvalue weighted by Crippen LogP contribution is 2.52. The summed E-state index contributed by atoms with van der Waals surface area (Å²) < 4.78 is 0. The minimum Gasteiger partial charge on any atom is -0.337 e. The summed E-state index contributed by atoms with van der Waals surface area (Å²) >= 11 is 0. The van der Waals surface area contributed by atoms with Gasteiger partial charge in [-0.05, 0) is 107 Å². The Morgan fingerprint density at radius 1 is 0.714 bits per heavy atom. The molecule has 4 aromatic rings. The van der Waals surface area contributed by atoms with Gasteiger partial charge >= 0.3 is 0 Å². The lowest BCUT2D eigenvalue weighted by Crippen LogP contribution is -2.32. The number of hydrogen-bond acceptors (Lipinski definition) is 1. The SMILES string of the molecule is Cc1cccc(N2c3cc(C)c(C=C4c5ccccc5-c5ccccc54)cc3C3CCCCC32)c1. The average Bonchev–Trinajstić information content (AvgIpc) is 3.37. The highest BCUT2D eigenvalue weighted by atomic mass is 15.2. The third-order valence-electron chi connectivity index (χ3n) is 8.44. The second-order valence-electron chi connectivity index (χ2n) is 10.6. The Balaban J connectivity index is 1.39. The molecule has 2 aliphatic carbocycles. The molecule has 0 amide bonds. The molecule has 0 spiro atoms. The first-order chi connectivity index (χ1) is 17.2. The van der Waals surface area contributed by atoms with E-state index in [1.807, 2.05) is 0 Å². The van der Waals surface area contributed by atoms with Gasteiger partial charge in [-0.1, -0.05) is 73.5 Å². The van der Waals surface area contributed by atoms with Gasteiger partial charge in [0.05, 0.1) is 0 Å². The van der Waals surface area contributed by atoms with Crippen LogP contribution in [0.2, 0.25) is 0 Å². The zero-order valence-corrected chi connectivity index (χ0v) is 20.6. The van der Waals surface area contributed by atoms with E-state index >= 15 is 0 Å². The van der Waals surface area contributed by atoms with Gasteiger partial charge in [-0.2, -0.15) is 0 Å². The summed E-state index contributed by atoms with van der Waals surface area (Å²) in [7, 11) is 0. The van der Waals surface area contributed by atoms with Crippen LogP contribution >= 0.6 is 0 Å². The largest absolute Gasteiger partial charge is 0.337 e. The van der Waals surface area contributed by atoms with Crippen molar-refractivity contribution in [3.63, 3.8) is 0 Å². The van der Waals surface area contributed by atoms with Crippen molar-refractivity contribution >= 4 is 23.0 Å². The standard InChI is InChI=1S/C34H31N/c1-22-10-9-11-25(18-22)35-33-17-8-7-16-30(33)32-21-24(23(2)19-34(32)35)20-31-28-14-5-3-12-26(28)27-13-4-6-15-29(27)31/h3-6,9-15,18-21,30,33H,7-8,16-17H2,1-2H3. The zero-order valence-electron chi connectivity index (χ0n) is 20.6. The smallest absolute Gasteiger partial charge is 0.0452 e. The number of fused-ring (bicyclic) bond motifs is 6. The maximum atomic E-state index is 2.66. The van der Waals surface area contributed by atoms with Gasteiger partial charge < -0.3 is 4.90 Å². The summed E-state index contributed by atoms with van der Waals surface area (Å²) in [6, 6.07) is 32.4. The summed E-state index contributed by atoms with van der Waals surface area (Å²) in [6.45, 7) is 4.49. The van der Waals surface area contributed by atoms with Gasteiger partial charge in [-0.15, -0.1) is 0 Å². The molecular formula is C34H31N. The van der Waals surface area contributed by atoms with Crippen molar-refractivity contribution in [3.8, 4) is 11.1 Å². The van der Waals surface area contributed by atoms with Crippen LogP contribution in [0.3, 0.4) is 0 Å². The van der Waals surface area contributed by atoms with Crippen molar-refractivity contribution in [1.29, 1.82) is 0 Å². The van der Waals surface area contributed by atoms with Gasteiger partial charge in [-0.25, -0.2) is 0 Å². The molecule has 3 aliphatic rings. The van der Waals surface area contributed by atoms with Crippen LogP contribution in [0.1, 0.15) is 65.0 Å². The Morgan fingerprint density at radius 3 is 2.11 bits per heavy atom. The van der Waals surface area contributed by atoms with Gasteiger partial charge in [0, 0.05) is 23.3 Å². The third-order valence-corrected chi connectivity index (χ3v) is 8.44. The van der Waals surface area contributed by atoms with E-state index in [1.54, 1.807) is 5.56 Å². The molecule has 0 radical (unpaired) electrons. The minimum absolute atomic E-state index is 0.579. The Kier molecular flexibility index (Phi) is 4.74. The molecule has 7 rings (SSSR count). The molecule has 172 valence electrons. The number of nitrogens with zero attached hydrogens (tertiary/aromatic N) is 1.